The number of rotatable bonds is 6. The second-order valence-corrected chi connectivity index (χ2v) is 7.79. The van der Waals surface area contributed by atoms with Crippen molar-refractivity contribution >= 4 is 23.2 Å². The molecule has 1 N–H and O–H groups in total. The average Bonchev–Trinajstić information content (AvgIpc) is 2.70. The highest BCUT2D eigenvalue weighted by atomic mass is 19.1. The number of hydrazone groups is 1. The lowest BCUT2D eigenvalue weighted by Gasteiger charge is -2.27. The molecule has 0 spiro atoms. The largest absolute Gasteiger partial charge is 0.349 e. The fourth-order valence-electron chi connectivity index (χ4n) is 3.46. The van der Waals surface area contributed by atoms with Crippen molar-refractivity contribution in [3.05, 3.63) is 65.0 Å². The Morgan fingerprint density at radius 2 is 1.97 bits per heavy atom. The SMILES string of the molecule is Cc1ccc(C)c(N2N=C(C(=O)NC[C@@H](c3cccc(F)c3)N(C)C)CCC2=O)c1. The van der Waals surface area contributed by atoms with E-state index in [9.17, 15) is 14.0 Å². The highest BCUT2D eigenvalue weighted by Crippen LogP contribution is 2.25. The third-order valence-corrected chi connectivity index (χ3v) is 5.20. The maximum absolute atomic E-state index is 13.6. The van der Waals surface area contributed by atoms with Crippen molar-refractivity contribution in [2.24, 2.45) is 5.10 Å². The van der Waals surface area contributed by atoms with Crippen molar-refractivity contribution < 1.29 is 14.0 Å². The van der Waals surface area contributed by atoms with Gasteiger partial charge in [0, 0.05) is 19.4 Å². The lowest BCUT2D eigenvalue weighted by Crippen LogP contribution is -2.42. The molecule has 7 heteroatoms. The zero-order valence-electron chi connectivity index (χ0n) is 17.8. The van der Waals surface area contributed by atoms with E-state index in [1.807, 2.05) is 57.1 Å². The van der Waals surface area contributed by atoms with Crippen molar-refractivity contribution in [2.45, 2.75) is 32.7 Å². The molecule has 30 heavy (non-hydrogen) atoms. The number of amides is 2. The minimum atomic E-state index is -0.318. The van der Waals surface area contributed by atoms with Crippen LogP contribution < -0.4 is 10.3 Å². The van der Waals surface area contributed by atoms with Crippen LogP contribution in [-0.4, -0.2) is 43.1 Å². The quantitative estimate of drug-likeness (QED) is 0.794. The number of halogens is 1. The highest BCUT2D eigenvalue weighted by Gasteiger charge is 2.27. The van der Waals surface area contributed by atoms with Crippen LogP contribution in [0.15, 0.2) is 47.6 Å². The molecule has 158 valence electrons. The van der Waals surface area contributed by atoms with Crippen LogP contribution in [0.1, 0.15) is 35.6 Å². The number of carbonyl (C=O) groups excluding carboxylic acids is 2. The van der Waals surface area contributed by atoms with Gasteiger partial charge < -0.3 is 10.2 Å². The van der Waals surface area contributed by atoms with Gasteiger partial charge in [0.15, 0.2) is 0 Å². The molecule has 3 rings (SSSR count). The molecule has 0 aromatic heterocycles. The lowest BCUT2D eigenvalue weighted by atomic mass is 10.1. The van der Waals surface area contributed by atoms with Crippen LogP contribution in [0.3, 0.4) is 0 Å². The Kier molecular flexibility index (Phi) is 6.62. The van der Waals surface area contributed by atoms with Crippen LogP contribution in [-0.2, 0) is 9.59 Å². The standard InChI is InChI=1S/C23H27FN4O2/c1-15-8-9-16(2)20(12-15)28-22(29)11-10-19(26-28)23(30)25-14-21(27(3)4)17-6-5-7-18(24)13-17/h5-9,12-13,21H,10-11,14H2,1-4H3,(H,25,30)/t21-/m0/s1. The monoisotopic (exact) mass is 410 g/mol. The van der Waals surface area contributed by atoms with E-state index in [0.29, 0.717) is 24.4 Å². The molecular weight excluding hydrogens is 383 g/mol. The first-order valence-electron chi connectivity index (χ1n) is 9.94. The molecule has 0 saturated heterocycles. The van der Waals surface area contributed by atoms with Gasteiger partial charge in [-0.25, -0.2) is 9.40 Å². The number of carbonyl (C=O) groups is 2. The molecule has 1 aliphatic rings. The van der Waals surface area contributed by atoms with E-state index >= 15 is 0 Å². The summed E-state index contributed by atoms with van der Waals surface area (Å²) in [6.07, 6.45) is 0.513. The Balaban J connectivity index is 1.77. The Morgan fingerprint density at radius 3 is 2.67 bits per heavy atom. The number of hydrogen-bond acceptors (Lipinski definition) is 4. The van der Waals surface area contributed by atoms with Crippen molar-refractivity contribution in [1.29, 1.82) is 0 Å². The summed E-state index contributed by atoms with van der Waals surface area (Å²) in [6.45, 7) is 4.15. The second-order valence-electron chi connectivity index (χ2n) is 7.79. The van der Waals surface area contributed by atoms with Crippen molar-refractivity contribution in [2.75, 3.05) is 25.6 Å². The van der Waals surface area contributed by atoms with Gasteiger partial charge in [-0.1, -0.05) is 24.3 Å². The van der Waals surface area contributed by atoms with E-state index < -0.39 is 0 Å². The summed E-state index contributed by atoms with van der Waals surface area (Å²) in [4.78, 5) is 27.2. The van der Waals surface area contributed by atoms with E-state index in [4.69, 9.17) is 0 Å². The lowest BCUT2D eigenvalue weighted by molar-refractivity contribution is -0.119. The first-order valence-corrected chi connectivity index (χ1v) is 9.94. The van der Waals surface area contributed by atoms with Gasteiger partial charge in [-0.2, -0.15) is 5.10 Å². The number of aryl methyl sites for hydroxylation is 2. The van der Waals surface area contributed by atoms with Gasteiger partial charge in [-0.15, -0.1) is 0 Å². The molecule has 0 saturated carbocycles. The Hall–Kier alpha value is -3.06. The maximum atomic E-state index is 13.6. The number of benzene rings is 2. The third-order valence-electron chi connectivity index (χ3n) is 5.20. The fourth-order valence-corrected chi connectivity index (χ4v) is 3.46. The molecule has 6 nitrogen and oxygen atoms in total. The summed E-state index contributed by atoms with van der Waals surface area (Å²) < 4.78 is 13.6. The molecule has 0 bridgehead atoms. The van der Waals surface area contributed by atoms with Crippen LogP contribution in [0, 0.1) is 19.7 Å². The van der Waals surface area contributed by atoms with E-state index in [2.05, 4.69) is 10.4 Å². The van der Waals surface area contributed by atoms with Crippen LogP contribution >= 0.6 is 0 Å². The van der Waals surface area contributed by atoms with Gasteiger partial charge in [-0.05, 0) is 62.8 Å². The van der Waals surface area contributed by atoms with Gasteiger partial charge in [0.25, 0.3) is 5.91 Å². The Bertz CT molecular complexity index is 987. The van der Waals surface area contributed by atoms with Crippen LogP contribution in [0.25, 0.3) is 0 Å². The Labute approximate surface area is 176 Å². The molecule has 1 heterocycles. The van der Waals surface area contributed by atoms with Gasteiger partial charge in [0.1, 0.15) is 11.5 Å². The predicted octanol–water partition coefficient (Wildman–Crippen LogP) is 3.34. The number of anilines is 1. The molecule has 1 atom stereocenters. The molecule has 0 radical (unpaired) electrons. The van der Waals surface area contributed by atoms with Gasteiger partial charge in [0.2, 0.25) is 5.91 Å². The average molecular weight is 410 g/mol. The minimum absolute atomic E-state index is 0.133. The number of hydrogen-bond donors (Lipinski definition) is 1. The first-order chi connectivity index (χ1) is 14.3. The summed E-state index contributed by atoms with van der Waals surface area (Å²) >= 11 is 0. The summed E-state index contributed by atoms with van der Waals surface area (Å²) in [5, 5.41) is 8.58. The van der Waals surface area contributed by atoms with E-state index in [-0.39, 0.29) is 30.1 Å². The summed E-state index contributed by atoms with van der Waals surface area (Å²) in [6, 6.07) is 12.0. The zero-order chi connectivity index (χ0) is 21.8. The third kappa shape index (κ3) is 4.91. The molecule has 0 fully saturated rings. The highest BCUT2D eigenvalue weighted by molar-refractivity contribution is 6.40. The number of likely N-dealkylation sites (N-methyl/N-ethyl adjacent to an activating group) is 1. The van der Waals surface area contributed by atoms with Crippen LogP contribution in [0.2, 0.25) is 0 Å². The Morgan fingerprint density at radius 1 is 1.20 bits per heavy atom. The molecule has 0 aliphatic carbocycles. The van der Waals surface area contributed by atoms with Gasteiger partial charge in [-0.3, -0.25) is 9.59 Å². The number of nitrogens with zero attached hydrogens (tertiary/aromatic N) is 3. The van der Waals surface area contributed by atoms with E-state index in [1.165, 1.54) is 17.1 Å². The molecule has 2 aromatic rings. The normalized spacial score (nSPS) is 15.2. The molecular formula is C23H27FN4O2. The van der Waals surface area contributed by atoms with E-state index in [0.717, 1.165) is 16.7 Å². The van der Waals surface area contributed by atoms with Crippen LogP contribution in [0.4, 0.5) is 10.1 Å². The number of nitrogens with one attached hydrogen (secondary N) is 1. The van der Waals surface area contributed by atoms with Crippen molar-refractivity contribution in [3.63, 3.8) is 0 Å². The molecule has 2 aromatic carbocycles. The van der Waals surface area contributed by atoms with E-state index in [1.54, 1.807) is 6.07 Å². The van der Waals surface area contributed by atoms with Crippen molar-refractivity contribution in [3.8, 4) is 0 Å². The summed E-state index contributed by atoms with van der Waals surface area (Å²) in [7, 11) is 3.75. The summed E-state index contributed by atoms with van der Waals surface area (Å²) in [5.74, 6) is -0.766. The summed E-state index contributed by atoms with van der Waals surface area (Å²) in [5.41, 5.74) is 3.71. The smallest absolute Gasteiger partial charge is 0.267 e. The molecule has 1 aliphatic heterocycles. The van der Waals surface area contributed by atoms with Gasteiger partial charge in [0.05, 0.1) is 11.7 Å². The molecule has 0 unspecified atom stereocenters. The maximum Gasteiger partial charge on any atom is 0.267 e. The first kappa shape index (κ1) is 21.6. The van der Waals surface area contributed by atoms with Gasteiger partial charge >= 0.3 is 0 Å². The van der Waals surface area contributed by atoms with Crippen LogP contribution in [0.5, 0.6) is 0 Å². The predicted molar refractivity (Wildman–Crippen MR) is 116 cm³/mol. The topological polar surface area (TPSA) is 65.0 Å². The zero-order valence-corrected chi connectivity index (χ0v) is 17.8. The second kappa shape index (κ2) is 9.17. The molecule has 2 amide bonds. The fraction of sp³-hybridized carbons (Fsp3) is 0.348. The minimum Gasteiger partial charge on any atom is -0.349 e. The van der Waals surface area contributed by atoms with Crippen molar-refractivity contribution in [1.82, 2.24) is 10.2 Å².